The number of aromatic nitrogens is 3. The van der Waals surface area contributed by atoms with Gasteiger partial charge in [0.1, 0.15) is 47.7 Å². The molecule has 3 aliphatic heterocycles. The van der Waals surface area contributed by atoms with E-state index in [1.807, 2.05) is 30.7 Å². The Bertz CT molecular complexity index is 1210. The second kappa shape index (κ2) is 7.35. The van der Waals surface area contributed by atoms with E-state index in [1.165, 1.54) is 6.33 Å². The number of nitrogens with zero attached hydrogens (tertiary/aromatic N) is 3. The van der Waals surface area contributed by atoms with E-state index in [0.29, 0.717) is 32.3 Å². The van der Waals surface area contributed by atoms with Gasteiger partial charge in [0.05, 0.1) is 12.0 Å². The van der Waals surface area contributed by atoms with Gasteiger partial charge in [-0.05, 0) is 43.2 Å². The van der Waals surface area contributed by atoms with Crippen LogP contribution >= 0.6 is 23.2 Å². The number of alkyl halides is 1. The molecule has 168 valence electrons. The molecule has 2 fully saturated rings. The molecule has 0 N–H and O–H groups in total. The SMILES string of the molecule is CC1(C)O[C@@H]2[C@@H]([C@H]3OC[C@H](F)c4cc(Cl)ccc43)OC(n3ccc4c(Cl)ncnc43)[C@@H]2O1. The summed E-state index contributed by atoms with van der Waals surface area (Å²) in [7, 11) is 0. The molecule has 0 spiro atoms. The highest BCUT2D eigenvalue weighted by Crippen LogP contribution is 2.50. The average Bonchev–Trinajstić information content (AvgIpc) is 3.40. The monoisotopic (exact) mass is 479 g/mol. The Labute approximate surface area is 193 Å². The topological polar surface area (TPSA) is 67.6 Å². The first-order valence-electron chi connectivity index (χ1n) is 10.4. The summed E-state index contributed by atoms with van der Waals surface area (Å²) < 4.78 is 41.4. The van der Waals surface area contributed by atoms with Gasteiger partial charge in [-0.15, -0.1) is 0 Å². The van der Waals surface area contributed by atoms with E-state index in [2.05, 4.69) is 9.97 Å². The van der Waals surface area contributed by atoms with Gasteiger partial charge in [-0.25, -0.2) is 14.4 Å². The van der Waals surface area contributed by atoms with Crippen LogP contribution in [0.1, 0.15) is 43.5 Å². The van der Waals surface area contributed by atoms with Gasteiger partial charge in [-0.2, -0.15) is 0 Å². The number of rotatable bonds is 2. The molecule has 2 saturated heterocycles. The van der Waals surface area contributed by atoms with E-state index in [-0.39, 0.29) is 6.61 Å². The molecule has 0 aliphatic carbocycles. The van der Waals surface area contributed by atoms with Crippen LogP contribution in [0.25, 0.3) is 11.0 Å². The normalized spacial score (nSPS) is 33.4. The van der Waals surface area contributed by atoms with Crippen molar-refractivity contribution >= 4 is 34.2 Å². The quantitative estimate of drug-likeness (QED) is 0.485. The molecule has 0 saturated carbocycles. The van der Waals surface area contributed by atoms with E-state index in [9.17, 15) is 4.39 Å². The molecule has 5 heterocycles. The van der Waals surface area contributed by atoms with Crippen molar-refractivity contribution in [3.63, 3.8) is 0 Å². The van der Waals surface area contributed by atoms with Crippen LogP contribution in [0.3, 0.4) is 0 Å². The van der Waals surface area contributed by atoms with Gasteiger partial charge in [-0.1, -0.05) is 29.3 Å². The summed E-state index contributed by atoms with van der Waals surface area (Å²) >= 11 is 12.4. The summed E-state index contributed by atoms with van der Waals surface area (Å²) in [6.07, 6.45) is -0.478. The molecular weight excluding hydrogens is 460 g/mol. The van der Waals surface area contributed by atoms with Crippen molar-refractivity contribution in [1.29, 1.82) is 0 Å². The first-order valence-corrected chi connectivity index (χ1v) is 11.1. The van der Waals surface area contributed by atoms with Crippen LogP contribution < -0.4 is 0 Å². The molecule has 10 heteroatoms. The van der Waals surface area contributed by atoms with Crippen molar-refractivity contribution in [2.75, 3.05) is 6.61 Å². The zero-order valence-electron chi connectivity index (χ0n) is 17.2. The molecule has 3 aromatic rings. The maximum atomic E-state index is 14.6. The van der Waals surface area contributed by atoms with Crippen LogP contribution in [-0.4, -0.2) is 45.2 Å². The Morgan fingerprint density at radius 3 is 2.72 bits per heavy atom. The molecule has 0 radical (unpaired) electrons. The Hall–Kier alpha value is -1.81. The van der Waals surface area contributed by atoms with Crippen LogP contribution in [0.15, 0.2) is 36.8 Å². The Morgan fingerprint density at radius 1 is 1.06 bits per heavy atom. The van der Waals surface area contributed by atoms with Crippen LogP contribution in [0.5, 0.6) is 0 Å². The molecular formula is C22H20Cl2FN3O4. The van der Waals surface area contributed by atoms with Crippen LogP contribution in [-0.2, 0) is 18.9 Å². The van der Waals surface area contributed by atoms with Crippen molar-refractivity contribution in [1.82, 2.24) is 14.5 Å². The smallest absolute Gasteiger partial charge is 0.164 e. The van der Waals surface area contributed by atoms with E-state index in [1.54, 1.807) is 18.2 Å². The average molecular weight is 480 g/mol. The predicted molar refractivity (Wildman–Crippen MR) is 114 cm³/mol. The van der Waals surface area contributed by atoms with Gasteiger partial charge >= 0.3 is 0 Å². The highest BCUT2D eigenvalue weighted by Gasteiger charge is 2.59. The third kappa shape index (κ3) is 3.16. The van der Waals surface area contributed by atoms with E-state index >= 15 is 0 Å². The zero-order valence-corrected chi connectivity index (χ0v) is 18.8. The zero-order chi connectivity index (χ0) is 22.2. The first kappa shape index (κ1) is 20.8. The number of hydrogen-bond donors (Lipinski definition) is 0. The second-order valence-electron chi connectivity index (χ2n) is 8.68. The van der Waals surface area contributed by atoms with Gasteiger partial charge < -0.3 is 23.5 Å². The number of ether oxygens (including phenoxy) is 4. The minimum absolute atomic E-state index is 0.0839. The summed E-state index contributed by atoms with van der Waals surface area (Å²) in [5.74, 6) is -0.814. The highest BCUT2D eigenvalue weighted by molar-refractivity contribution is 6.33. The van der Waals surface area contributed by atoms with Gasteiger partial charge in [-0.3, -0.25) is 0 Å². The lowest BCUT2D eigenvalue weighted by atomic mass is 9.91. The van der Waals surface area contributed by atoms with E-state index in [4.69, 9.17) is 42.1 Å². The fourth-order valence-electron chi connectivity index (χ4n) is 4.94. The molecule has 3 aliphatic rings. The first-order chi connectivity index (χ1) is 15.3. The lowest BCUT2D eigenvalue weighted by Gasteiger charge is -2.34. The summed E-state index contributed by atoms with van der Waals surface area (Å²) in [4.78, 5) is 8.43. The lowest BCUT2D eigenvalue weighted by Crippen LogP contribution is -2.37. The molecule has 1 unspecified atom stereocenters. The van der Waals surface area contributed by atoms with Gasteiger partial charge in [0.25, 0.3) is 0 Å². The predicted octanol–water partition coefficient (Wildman–Crippen LogP) is 4.94. The summed E-state index contributed by atoms with van der Waals surface area (Å²) in [6, 6.07) is 7.01. The van der Waals surface area contributed by atoms with Crippen LogP contribution in [0.4, 0.5) is 4.39 Å². The molecule has 1 aromatic carbocycles. The second-order valence-corrected chi connectivity index (χ2v) is 9.47. The van der Waals surface area contributed by atoms with Crippen molar-refractivity contribution in [3.8, 4) is 0 Å². The third-order valence-corrected chi connectivity index (χ3v) is 6.75. The lowest BCUT2D eigenvalue weighted by molar-refractivity contribution is -0.214. The summed E-state index contributed by atoms with van der Waals surface area (Å²) in [6.45, 7) is 3.64. The van der Waals surface area contributed by atoms with Crippen molar-refractivity contribution in [2.24, 2.45) is 0 Å². The number of halogens is 3. The molecule has 7 nitrogen and oxygen atoms in total. The minimum Gasteiger partial charge on any atom is -0.367 e. The molecule has 6 atom stereocenters. The summed E-state index contributed by atoms with van der Waals surface area (Å²) in [5, 5.41) is 1.55. The standard InChI is InChI=1S/C22H20Cl2FN3O4/c1-22(2)31-17-16(15-11-4-3-10(23)7-13(11)14(25)8-29-15)30-21(18(17)32-22)28-6-5-12-19(24)26-9-27-20(12)28/h3-7,9,14-18,21H,8H2,1-2H3/t14-,15-,16+,17+,18+,21?/m0/s1. The molecule has 0 bridgehead atoms. The van der Waals surface area contributed by atoms with Crippen molar-refractivity contribution in [2.45, 2.75) is 56.5 Å². The maximum Gasteiger partial charge on any atom is 0.164 e. The number of benzene rings is 1. The van der Waals surface area contributed by atoms with E-state index in [0.717, 1.165) is 0 Å². The van der Waals surface area contributed by atoms with Crippen molar-refractivity contribution in [3.05, 3.63) is 58.1 Å². The molecule has 6 rings (SSSR count). The van der Waals surface area contributed by atoms with Gasteiger partial charge in [0, 0.05) is 11.2 Å². The van der Waals surface area contributed by atoms with Crippen molar-refractivity contribution < 1.29 is 23.3 Å². The summed E-state index contributed by atoms with van der Waals surface area (Å²) in [5.41, 5.74) is 1.85. The number of hydrogen-bond acceptors (Lipinski definition) is 6. The molecule has 32 heavy (non-hydrogen) atoms. The van der Waals surface area contributed by atoms with Gasteiger partial charge in [0.15, 0.2) is 12.0 Å². The number of fused-ring (bicyclic) bond motifs is 3. The Balaban J connectivity index is 1.42. The molecule has 0 amide bonds. The van der Waals surface area contributed by atoms with Gasteiger partial charge in [0.2, 0.25) is 0 Å². The van der Waals surface area contributed by atoms with Crippen LogP contribution in [0, 0.1) is 0 Å². The van der Waals surface area contributed by atoms with Crippen LogP contribution in [0.2, 0.25) is 10.2 Å². The Kier molecular flexibility index (Phi) is 4.77. The third-order valence-electron chi connectivity index (χ3n) is 6.21. The maximum absolute atomic E-state index is 14.6. The Morgan fingerprint density at radius 2 is 1.88 bits per heavy atom. The molecule has 2 aromatic heterocycles. The largest absolute Gasteiger partial charge is 0.367 e. The minimum atomic E-state index is -1.25. The van der Waals surface area contributed by atoms with E-state index < -0.39 is 42.6 Å². The fourth-order valence-corrected chi connectivity index (χ4v) is 5.31. The fraction of sp³-hybridized carbons (Fsp3) is 0.455. The highest BCUT2D eigenvalue weighted by atomic mass is 35.5.